The molecule has 1 aliphatic rings. The molecule has 0 bridgehead atoms. The summed E-state index contributed by atoms with van der Waals surface area (Å²) >= 11 is 0. The van der Waals surface area contributed by atoms with Gasteiger partial charge in [0.25, 0.3) is 6.43 Å². The predicted molar refractivity (Wildman–Crippen MR) is 150 cm³/mol. The number of benzene rings is 2. The highest BCUT2D eigenvalue weighted by atomic mass is 19.3. The van der Waals surface area contributed by atoms with Gasteiger partial charge in [0.1, 0.15) is 6.33 Å². The topological polar surface area (TPSA) is 46.0 Å². The molecule has 2 heterocycles. The molecule has 1 N–H and O–H groups in total. The summed E-state index contributed by atoms with van der Waals surface area (Å²) in [4.78, 5) is 4.73. The van der Waals surface area contributed by atoms with Crippen LogP contribution in [0, 0.1) is 11.6 Å². The fraction of sp³-hybridized carbons (Fsp3) is 0.300. The van der Waals surface area contributed by atoms with E-state index in [-0.39, 0.29) is 23.0 Å². The van der Waals surface area contributed by atoms with Crippen LogP contribution >= 0.6 is 0 Å². The van der Waals surface area contributed by atoms with E-state index in [1.165, 1.54) is 18.5 Å². The summed E-state index contributed by atoms with van der Waals surface area (Å²) in [6.45, 7) is 0. The summed E-state index contributed by atoms with van der Waals surface area (Å²) in [5.41, 5.74) is -0.748. The zero-order chi connectivity index (χ0) is 29.3. The standard InChI is InChI=1S/C20H9B10F4N5/c21-16(22)17(23,24)19(27,28)39(20(29,30)18(16,25)26)11-4-8(14(33)34)3-9(5-11)36-15-35-7-38(37-15)10-1-2-12(31)13(32)6-10/h1-7,14H,(H,36,37). The second-order valence-electron chi connectivity index (χ2n) is 9.44. The molecule has 172 valence electrons. The highest BCUT2D eigenvalue weighted by Crippen LogP contribution is 2.69. The molecule has 19 heteroatoms. The maximum absolute atomic E-state index is 13.9. The Morgan fingerprint density at radius 3 is 1.85 bits per heavy atom. The van der Waals surface area contributed by atoms with Gasteiger partial charge in [-0.3, -0.25) is 0 Å². The van der Waals surface area contributed by atoms with Crippen molar-refractivity contribution in [2.45, 2.75) is 32.7 Å². The third-order valence-corrected chi connectivity index (χ3v) is 6.80. The van der Waals surface area contributed by atoms with Gasteiger partial charge in [-0.2, -0.15) is 4.98 Å². The second kappa shape index (κ2) is 9.30. The van der Waals surface area contributed by atoms with Crippen LogP contribution in [0.5, 0.6) is 0 Å². The van der Waals surface area contributed by atoms with Crippen LogP contribution < -0.4 is 10.2 Å². The molecule has 2 aromatic carbocycles. The number of piperidine rings is 1. The molecule has 0 unspecified atom stereocenters. The highest BCUT2D eigenvalue weighted by Gasteiger charge is 2.63. The third-order valence-electron chi connectivity index (χ3n) is 6.80. The Morgan fingerprint density at radius 1 is 0.718 bits per heavy atom. The van der Waals surface area contributed by atoms with E-state index in [1.54, 1.807) is 0 Å². The number of hydrogen-bond donors (Lipinski definition) is 1. The van der Waals surface area contributed by atoms with Crippen molar-refractivity contribution in [1.82, 2.24) is 14.8 Å². The van der Waals surface area contributed by atoms with Crippen molar-refractivity contribution in [3.05, 3.63) is 59.9 Å². The first-order valence-corrected chi connectivity index (χ1v) is 11.0. The van der Waals surface area contributed by atoms with E-state index in [2.05, 4.69) is 15.4 Å². The predicted octanol–water partition coefficient (Wildman–Crippen LogP) is 0.388. The number of hydrogen-bond acceptors (Lipinski definition) is 4. The van der Waals surface area contributed by atoms with Crippen LogP contribution in [-0.2, 0) is 0 Å². The number of halogens is 4. The maximum Gasteiger partial charge on any atom is 0.263 e. The Bertz CT molecular complexity index is 1390. The average Bonchev–Trinajstić information content (AvgIpc) is 3.27. The molecule has 5 nitrogen and oxygen atoms in total. The van der Waals surface area contributed by atoms with E-state index in [1.807, 2.05) is 0 Å². The fourth-order valence-electron chi connectivity index (χ4n) is 4.27. The van der Waals surface area contributed by atoms with Gasteiger partial charge in [0.05, 0.1) is 84.2 Å². The minimum absolute atomic E-state index is 0.0472. The van der Waals surface area contributed by atoms with Crippen molar-refractivity contribution < 1.29 is 17.6 Å². The molecule has 0 amide bonds. The number of aromatic nitrogens is 3. The number of nitrogens with one attached hydrogen (secondary N) is 1. The molecule has 1 saturated heterocycles. The summed E-state index contributed by atoms with van der Waals surface area (Å²) in [5, 5.41) is -5.77. The lowest BCUT2D eigenvalue weighted by Crippen LogP contribution is -2.81. The first-order chi connectivity index (χ1) is 17.8. The molecule has 4 rings (SSSR count). The second-order valence-corrected chi connectivity index (χ2v) is 9.44. The molecule has 1 aliphatic heterocycles. The number of alkyl halides is 2. The summed E-state index contributed by atoms with van der Waals surface area (Å²) < 4.78 is 55.9. The van der Waals surface area contributed by atoms with Crippen LogP contribution in [0.3, 0.4) is 0 Å². The van der Waals surface area contributed by atoms with Gasteiger partial charge in [-0.25, -0.2) is 22.2 Å². The smallest absolute Gasteiger partial charge is 0.263 e. The Balaban J connectivity index is 1.80. The van der Waals surface area contributed by atoms with Crippen LogP contribution in [0.2, 0.25) is 15.6 Å². The Morgan fingerprint density at radius 2 is 1.31 bits per heavy atom. The van der Waals surface area contributed by atoms with Crippen molar-refractivity contribution in [1.29, 1.82) is 0 Å². The quantitative estimate of drug-likeness (QED) is 0.405. The first-order valence-electron chi connectivity index (χ1n) is 11.0. The normalized spacial score (nSPS) is 20.5. The van der Waals surface area contributed by atoms with Gasteiger partial charge in [-0.15, -0.1) is 20.7 Å². The third kappa shape index (κ3) is 4.38. The summed E-state index contributed by atoms with van der Waals surface area (Å²) in [7, 11) is 61.6. The fourth-order valence-corrected chi connectivity index (χ4v) is 4.27. The molecule has 0 spiro atoms. The summed E-state index contributed by atoms with van der Waals surface area (Å²) in [6, 6.07) is 6.25. The van der Waals surface area contributed by atoms with Gasteiger partial charge in [0, 0.05) is 23.0 Å². The molecular formula is C20H9B10F4N5. The van der Waals surface area contributed by atoms with Crippen molar-refractivity contribution in [3.8, 4) is 5.69 Å². The van der Waals surface area contributed by atoms with Gasteiger partial charge in [0.15, 0.2) is 11.6 Å². The number of rotatable bonds is 5. The molecule has 20 radical (unpaired) electrons. The Labute approximate surface area is 236 Å². The van der Waals surface area contributed by atoms with Crippen LogP contribution in [0.25, 0.3) is 5.69 Å². The van der Waals surface area contributed by atoms with Gasteiger partial charge in [-0.05, 0) is 41.0 Å². The van der Waals surface area contributed by atoms with Crippen LogP contribution in [0.15, 0.2) is 42.7 Å². The summed E-state index contributed by atoms with van der Waals surface area (Å²) in [5.74, 6) is -2.30. The van der Waals surface area contributed by atoms with Crippen molar-refractivity contribution in [2.75, 3.05) is 10.2 Å². The minimum atomic E-state index is -3.03. The largest absolute Gasteiger partial charge is 0.397 e. The minimum Gasteiger partial charge on any atom is -0.397 e. The molecule has 0 atom stereocenters. The Kier molecular flexibility index (Phi) is 7.04. The molecule has 1 aromatic heterocycles. The van der Waals surface area contributed by atoms with E-state index in [9.17, 15) is 17.6 Å². The molecule has 0 aliphatic carbocycles. The van der Waals surface area contributed by atoms with Crippen LogP contribution in [0.4, 0.5) is 34.9 Å². The Hall–Kier alpha value is -2.45. The van der Waals surface area contributed by atoms with Crippen molar-refractivity contribution in [2.24, 2.45) is 0 Å². The lowest BCUT2D eigenvalue weighted by atomic mass is 9.05. The first kappa shape index (κ1) is 29.5. The summed E-state index contributed by atoms with van der Waals surface area (Å²) in [6.07, 6.45) is -1.86. The average molecular weight is 503 g/mol. The van der Waals surface area contributed by atoms with E-state index >= 15 is 0 Å². The van der Waals surface area contributed by atoms with Crippen LogP contribution in [-0.4, -0.2) is 104 Å². The molecule has 39 heavy (non-hydrogen) atoms. The van der Waals surface area contributed by atoms with Gasteiger partial charge >= 0.3 is 0 Å². The highest BCUT2D eigenvalue weighted by molar-refractivity contribution is 6.71. The molecule has 0 saturated carbocycles. The zero-order valence-corrected chi connectivity index (χ0v) is 20.2. The van der Waals surface area contributed by atoms with Crippen molar-refractivity contribution >= 4 is 95.8 Å². The number of anilines is 3. The van der Waals surface area contributed by atoms with E-state index in [0.717, 1.165) is 33.8 Å². The maximum atomic E-state index is 13.9. The lowest BCUT2D eigenvalue weighted by molar-refractivity contribution is 0.151. The van der Waals surface area contributed by atoms with Gasteiger partial charge < -0.3 is 10.2 Å². The molecular weight excluding hydrogens is 494 g/mol. The van der Waals surface area contributed by atoms with Gasteiger partial charge in [-0.1, -0.05) is 0 Å². The zero-order valence-electron chi connectivity index (χ0n) is 20.2. The molecule has 3 aromatic rings. The van der Waals surface area contributed by atoms with Crippen LogP contribution in [0.1, 0.15) is 12.0 Å². The van der Waals surface area contributed by atoms with E-state index in [0.29, 0.717) is 0 Å². The van der Waals surface area contributed by atoms with E-state index in [4.69, 9.17) is 78.5 Å². The molecule has 1 fully saturated rings. The number of nitrogens with zero attached hydrogens (tertiary/aromatic N) is 4. The van der Waals surface area contributed by atoms with E-state index < -0.39 is 49.9 Å². The monoisotopic (exact) mass is 505 g/mol. The SMILES string of the molecule is [B]C1([B])N(c2cc(Nc3ncn(-c4ccc(F)c(F)c4)n3)cc(C(F)F)c2)C([B])([B])C([B])([B])C([B])([B])C1([B])[B]. The van der Waals surface area contributed by atoms with Crippen molar-refractivity contribution in [3.63, 3.8) is 0 Å². The lowest BCUT2D eigenvalue weighted by Gasteiger charge is -2.79. The van der Waals surface area contributed by atoms with Gasteiger partial charge in [0.2, 0.25) is 5.95 Å².